The summed E-state index contributed by atoms with van der Waals surface area (Å²) in [5, 5.41) is 4.82. The van der Waals surface area contributed by atoms with Crippen molar-refractivity contribution in [3.05, 3.63) is 41.3 Å². The Morgan fingerprint density at radius 3 is 2.45 bits per heavy atom. The third-order valence-corrected chi connectivity index (χ3v) is 8.61. The van der Waals surface area contributed by atoms with Crippen molar-refractivity contribution in [3.8, 4) is 11.5 Å². The van der Waals surface area contributed by atoms with Crippen molar-refractivity contribution in [3.63, 3.8) is 0 Å². The number of nitrogens with one attached hydrogen (secondary N) is 1. The van der Waals surface area contributed by atoms with E-state index in [1.54, 1.807) is 17.5 Å². The first-order valence-electron chi connectivity index (χ1n) is 10.6. The number of rotatable bonds is 9. The quantitative estimate of drug-likeness (QED) is 0.607. The maximum Gasteiger partial charge on any atom is 0.252 e. The molecule has 0 unspecified atom stereocenters. The molecule has 1 aromatic carbocycles. The SMILES string of the molecule is CCOc1ccc([C@@H](C)NC(=O)C2CCN(S(=O)(=O)c3cccs3)CC2)cc1OCC. The zero-order valence-electron chi connectivity index (χ0n) is 18.2. The smallest absolute Gasteiger partial charge is 0.252 e. The Hall–Kier alpha value is -2.10. The average Bonchev–Trinajstić information content (AvgIpc) is 3.31. The lowest BCUT2D eigenvalue weighted by molar-refractivity contribution is -0.126. The van der Waals surface area contributed by atoms with E-state index in [-0.39, 0.29) is 17.9 Å². The van der Waals surface area contributed by atoms with Crippen molar-refractivity contribution in [1.29, 1.82) is 0 Å². The number of piperidine rings is 1. The molecule has 1 fully saturated rings. The van der Waals surface area contributed by atoms with Crippen LogP contribution in [0.25, 0.3) is 0 Å². The second-order valence-corrected chi connectivity index (χ2v) is 10.5. The summed E-state index contributed by atoms with van der Waals surface area (Å²) < 4.78 is 38.4. The van der Waals surface area contributed by atoms with Gasteiger partial charge in [0, 0.05) is 19.0 Å². The first-order valence-corrected chi connectivity index (χ1v) is 12.9. The summed E-state index contributed by atoms with van der Waals surface area (Å²) in [6.45, 7) is 7.54. The number of carbonyl (C=O) groups is 1. The van der Waals surface area contributed by atoms with Gasteiger partial charge in [0.05, 0.1) is 19.3 Å². The zero-order chi connectivity index (χ0) is 22.4. The minimum absolute atomic E-state index is 0.0486. The number of thiophene rings is 1. The summed E-state index contributed by atoms with van der Waals surface area (Å²) in [6.07, 6.45) is 1.02. The summed E-state index contributed by atoms with van der Waals surface area (Å²) >= 11 is 1.22. The number of nitrogens with zero attached hydrogens (tertiary/aromatic N) is 1. The number of amides is 1. The standard InChI is InChI=1S/C22H30N2O5S2/c1-4-28-19-9-8-18(15-20(19)29-5-2)16(3)23-22(25)17-10-12-24(13-11-17)31(26,27)21-7-6-14-30-21/h6-9,14-17H,4-5,10-13H2,1-3H3,(H,23,25)/t16-/m1/s1. The molecule has 31 heavy (non-hydrogen) atoms. The van der Waals surface area contributed by atoms with Gasteiger partial charge in [-0.25, -0.2) is 8.42 Å². The van der Waals surface area contributed by atoms with Gasteiger partial charge in [-0.1, -0.05) is 12.1 Å². The van der Waals surface area contributed by atoms with E-state index < -0.39 is 10.0 Å². The second kappa shape index (κ2) is 10.5. The highest BCUT2D eigenvalue weighted by Gasteiger charge is 2.33. The van der Waals surface area contributed by atoms with Gasteiger partial charge in [-0.3, -0.25) is 4.79 Å². The number of sulfonamides is 1. The van der Waals surface area contributed by atoms with Crippen molar-refractivity contribution in [2.75, 3.05) is 26.3 Å². The topological polar surface area (TPSA) is 84.9 Å². The van der Waals surface area contributed by atoms with E-state index >= 15 is 0 Å². The third kappa shape index (κ3) is 5.58. The Balaban J connectivity index is 1.59. The van der Waals surface area contributed by atoms with Crippen molar-refractivity contribution < 1.29 is 22.7 Å². The number of hydrogen-bond donors (Lipinski definition) is 1. The van der Waals surface area contributed by atoms with Crippen LogP contribution in [0.2, 0.25) is 0 Å². The van der Waals surface area contributed by atoms with Gasteiger partial charge in [0.1, 0.15) is 4.21 Å². The Labute approximate surface area is 188 Å². The maximum atomic E-state index is 12.8. The number of carbonyl (C=O) groups excluding carboxylic acids is 1. The highest BCUT2D eigenvalue weighted by atomic mass is 32.2. The highest BCUT2D eigenvalue weighted by molar-refractivity contribution is 7.91. The Morgan fingerprint density at radius 1 is 1.16 bits per heavy atom. The fraction of sp³-hybridized carbons (Fsp3) is 0.500. The van der Waals surface area contributed by atoms with Crippen LogP contribution in [0.3, 0.4) is 0 Å². The molecule has 170 valence electrons. The Morgan fingerprint density at radius 2 is 1.84 bits per heavy atom. The molecule has 1 aliphatic heterocycles. The van der Waals surface area contributed by atoms with Crippen molar-refractivity contribution >= 4 is 27.3 Å². The van der Waals surface area contributed by atoms with Crippen molar-refractivity contribution in [2.24, 2.45) is 5.92 Å². The number of hydrogen-bond acceptors (Lipinski definition) is 6. The third-order valence-electron chi connectivity index (χ3n) is 5.34. The first-order chi connectivity index (χ1) is 14.9. The molecule has 1 amide bonds. The van der Waals surface area contributed by atoms with Gasteiger partial charge in [0.25, 0.3) is 10.0 Å². The van der Waals surface area contributed by atoms with Crippen LogP contribution in [-0.4, -0.2) is 44.9 Å². The Kier molecular flexibility index (Phi) is 7.96. The summed E-state index contributed by atoms with van der Waals surface area (Å²) in [5.74, 6) is 1.10. The summed E-state index contributed by atoms with van der Waals surface area (Å²) in [5.41, 5.74) is 0.929. The van der Waals surface area contributed by atoms with Crippen LogP contribution in [0, 0.1) is 5.92 Å². The lowest BCUT2D eigenvalue weighted by atomic mass is 9.96. The normalized spacial score (nSPS) is 16.6. The molecule has 2 heterocycles. The second-order valence-electron chi connectivity index (χ2n) is 7.41. The monoisotopic (exact) mass is 466 g/mol. The molecule has 3 rings (SSSR count). The van der Waals surface area contributed by atoms with Crippen LogP contribution >= 0.6 is 11.3 Å². The van der Waals surface area contributed by atoms with Gasteiger partial charge in [0.15, 0.2) is 11.5 Å². The Bertz CT molecular complexity index is 968. The minimum atomic E-state index is -3.46. The molecule has 0 spiro atoms. The van der Waals surface area contributed by atoms with Crippen LogP contribution in [-0.2, 0) is 14.8 Å². The van der Waals surface area contributed by atoms with Crippen LogP contribution in [0.4, 0.5) is 0 Å². The van der Waals surface area contributed by atoms with E-state index in [2.05, 4.69) is 5.32 Å². The zero-order valence-corrected chi connectivity index (χ0v) is 19.8. The molecular formula is C22H30N2O5S2. The summed E-state index contributed by atoms with van der Waals surface area (Å²) in [7, 11) is -3.46. The summed E-state index contributed by atoms with van der Waals surface area (Å²) in [6, 6.07) is 8.84. The van der Waals surface area contributed by atoms with E-state index in [1.165, 1.54) is 15.6 Å². The molecule has 1 saturated heterocycles. The molecule has 0 radical (unpaired) electrons. The predicted molar refractivity (Wildman–Crippen MR) is 121 cm³/mol. The van der Waals surface area contributed by atoms with Crippen LogP contribution < -0.4 is 14.8 Å². The lowest BCUT2D eigenvalue weighted by Gasteiger charge is -2.30. The fourth-order valence-corrected chi connectivity index (χ4v) is 6.26. The molecule has 1 N–H and O–H groups in total. The molecular weight excluding hydrogens is 436 g/mol. The first kappa shape index (κ1) is 23.6. The molecule has 9 heteroatoms. The number of ether oxygens (including phenoxy) is 2. The van der Waals surface area contributed by atoms with Crippen LogP contribution in [0.1, 0.15) is 45.2 Å². The molecule has 1 aliphatic rings. The van der Waals surface area contributed by atoms with E-state index in [9.17, 15) is 13.2 Å². The lowest BCUT2D eigenvalue weighted by Crippen LogP contribution is -2.43. The van der Waals surface area contributed by atoms with Gasteiger partial charge in [-0.2, -0.15) is 4.31 Å². The highest BCUT2D eigenvalue weighted by Crippen LogP contribution is 2.31. The van der Waals surface area contributed by atoms with Crippen molar-refractivity contribution in [2.45, 2.75) is 43.9 Å². The van der Waals surface area contributed by atoms with E-state index in [4.69, 9.17) is 9.47 Å². The largest absolute Gasteiger partial charge is 0.490 e. The van der Waals surface area contributed by atoms with Gasteiger partial charge in [-0.15, -0.1) is 11.3 Å². The van der Waals surface area contributed by atoms with Gasteiger partial charge in [0.2, 0.25) is 5.91 Å². The maximum absolute atomic E-state index is 12.8. The molecule has 0 bridgehead atoms. The molecule has 0 aliphatic carbocycles. The van der Waals surface area contributed by atoms with E-state index in [0.29, 0.717) is 54.9 Å². The average molecular weight is 467 g/mol. The molecule has 0 saturated carbocycles. The van der Waals surface area contributed by atoms with Crippen LogP contribution in [0.15, 0.2) is 39.9 Å². The fourth-order valence-electron chi connectivity index (χ4n) is 3.65. The van der Waals surface area contributed by atoms with Crippen molar-refractivity contribution in [1.82, 2.24) is 9.62 Å². The van der Waals surface area contributed by atoms with Gasteiger partial charge < -0.3 is 14.8 Å². The predicted octanol–water partition coefficient (Wildman–Crippen LogP) is 3.82. The summed E-state index contributed by atoms with van der Waals surface area (Å²) in [4.78, 5) is 12.8. The molecule has 1 aromatic heterocycles. The molecule has 2 aromatic rings. The molecule has 1 atom stereocenters. The van der Waals surface area contributed by atoms with E-state index in [0.717, 1.165) is 5.56 Å². The molecule has 7 nitrogen and oxygen atoms in total. The van der Waals surface area contributed by atoms with Gasteiger partial charge in [-0.05, 0) is 62.8 Å². The minimum Gasteiger partial charge on any atom is -0.490 e. The van der Waals surface area contributed by atoms with Gasteiger partial charge >= 0.3 is 0 Å². The number of benzene rings is 1. The van der Waals surface area contributed by atoms with Crippen LogP contribution in [0.5, 0.6) is 11.5 Å². The van der Waals surface area contributed by atoms with E-state index in [1.807, 2.05) is 39.0 Å².